The molecule has 3 heterocycles. The van der Waals surface area contributed by atoms with Gasteiger partial charge in [0.25, 0.3) is 5.95 Å². The number of hydrogen-bond donors (Lipinski definition) is 0. The molecule has 176 valence electrons. The smallest absolute Gasteiger partial charge is 0.471 e. The first-order valence-electron chi connectivity index (χ1n) is 10.0. The fourth-order valence-corrected chi connectivity index (χ4v) is 3.89. The summed E-state index contributed by atoms with van der Waals surface area (Å²) in [4.78, 5) is 16.5. The SMILES string of the molecule is C[C@@H]1CN(c2noc(C(F)(F)F)n2)CCN1c1ncc(OCc2ccc(S(C)=O)cc2)cn1. The molecule has 0 N–H and O–H groups in total. The first-order chi connectivity index (χ1) is 15.7. The molecule has 2 aromatic heterocycles. The van der Waals surface area contributed by atoms with Gasteiger partial charge in [-0.1, -0.05) is 12.1 Å². The first-order valence-corrected chi connectivity index (χ1v) is 11.6. The van der Waals surface area contributed by atoms with Crippen LogP contribution in [-0.2, 0) is 23.6 Å². The van der Waals surface area contributed by atoms with Crippen LogP contribution in [0.4, 0.5) is 25.1 Å². The fourth-order valence-electron chi connectivity index (χ4n) is 3.37. The highest BCUT2D eigenvalue weighted by atomic mass is 32.2. The Morgan fingerprint density at radius 1 is 1.15 bits per heavy atom. The van der Waals surface area contributed by atoms with E-state index in [-0.39, 0.29) is 12.0 Å². The first kappa shape index (κ1) is 23.0. The van der Waals surface area contributed by atoms with Crippen molar-refractivity contribution in [2.24, 2.45) is 0 Å². The van der Waals surface area contributed by atoms with E-state index in [2.05, 4.69) is 24.6 Å². The van der Waals surface area contributed by atoms with Gasteiger partial charge in [0.15, 0.2) is 5.75 Å². The topological polar surface area (TPSA) is 97.5 Å². The standard InChI is InChI=1S/C20H21F3N6O3S/c1-13-11-28(19-26-17(32-27-19)20(21,22)23)7-8-29(13)18-24-9-15(10-25-18)31-12-14-3-5-16(6-4-14)33(2)30/h3-6,9-10,13H,7-8,11-12H2,1-2H3/t13-,33?/m1/s1. The van der Waals surface area contributed by atoms with Gasteiger partial charge in [0.2, 0.25) is 5.95 Å². The maximum atomic E-state index is 12.7. The number of piperazine rings is 1. The quantitative estimate of drug-likeness (QED) is 0.525. The molecule has 0 bridgehead atoms. The predicted octanol–water partition coefficient (Wildman–Crippen LogP) is 2.91. The summed E-state index contributed by atoms with van der Waals surface area (Å²) in [6, 6.07) is 7.21. The maximum Gasteiger partial charge on any atom is 0.471 e. The fraction of sp³-hybridized carbons (Fsp3) is 0.400. The molecule has 1 unspecified atom stereocenters. The number of ether oxygens (including phenoxy) is 1. The van der Waals surface area contributed by atoms with Gasteiger partial charge in [0.1, 0.15) is 6.61 Å². The molecule has 9 nitrogen and oxygen atoms in total. The molecule has 1 aromatic carbocycles. The minimum atomic E-state index is -4.67. The van der Waals surface area contributed by atoms with E-state index in [1.807, 2.05) is 24.0 Å². The largest absolute Gasteiger partial charge is 0.486 e. The molecule has 33 heavy (non-hydrogen) atoms. The van der Waals surface area contributed by atoms with Crippen LogP contribution in [0.25, 0.3) is 0 Å². The summed E-state index contributed by atoms with van der Waals surface area (Å²) in [6.07, 6.45) is 0.104. The van der Waals surface area contributed by atoms with Gasteiger partial charge in [0, 0.05) is 47.6 Å². The molecule has 0 amide bonds. The average Bonchev–Trinajstić information content (AvgIpc) is 3.29. The Morgan fingerprint density at radius 2 is 1.85 bits per heavy atom. The van der Waals surface area contributed by atoms with E-state index in [0.29, 0.717) is 37.9 Å². The monoisotopic (exact) mass is 482 g/mol. The highest BCUT2D eigenvalue weighted by Crippen LogP contribution is 2.29. The van der Waals surface area contributed by atoms with E-state index in [4.69, 9.17) is 4.74 Å². The Balaban J connectivity index is 1.33. The summed E-state index contributed by atoms with van der Waals surface area (Å²) < 4.78 is 59.6. The van der Waals surface area contributed by atoms with Gasteiger partial charge in [-0.2, -0.15) is 18.2 Å². The Bertz CT molecular complexity index is 1110. The van der Waals surface area contributed by atoms with Gasteiger partial charge in [-0.15, -0.1) is 0 Å². The molecule has 0 aliphatic carbocycles. The minimum absolute atomic E-state index is 0.0864. The van der Waals surface area contributed by atoms with Gasteiger partial charge < -0.3 is 19.1 Å². The van der Waals surface area contributed by atoms with Crippen LogP contribution >= 0.6 is 0 Å². The molecular weight excluding hydrogens is 461 g/mol. The van der Waals surface area contributed by atoms with E-state index in [1.54, 1.807) is 35.7 Å². The summed E-state index contributed by atoms with van der Waals surface area (Å²) in [5, 5.41) is 3.45. The van der Waals surface area contributed by atoms with Crippen LogP contribution in [0.5, 0.6) is 5.75 Å². The van der Waals surface area contributed by atoms with Crippen molar-refractivity contribution in [1.29, 1.82) is 0 Å². The normalized spacial score (nSPS) is 17.8. The molecule has 0 radical (unpaired) electrons. The van der Waals surface area contributed by atoms with Gasteiger partial charge >= 0.3 is 12.1 Å². The van der Waals surface area contributed by atoms with Crippen LogP contribution in [0, 0.1) is 0 Å². The summed E-state index contributed by atoms with van der Waals surface area (Å²) in [5.74, 6) is -0.451. The molecule has 4 rings (SSSR count). The van der Waals surface area contributed by atoms with E-state index in [9.17, 15) is 17.4 Å². The van der Waals surface area contributed by atoms with Crippen molar-refractivity contribution in [2.45, 2.75) is 30.6 Å². The molecule has 0 spiro atoms. The van der Waals surface area contributed by atoms with Crippen molar-refractivity contribution in [3.63, 3.8) is 0 Å². The molecule has 1 aliphatic heterocycles. The average molecular weight is 482 g/mol. The van der Waals surface area contributed by atoms with Crippen molar-refractivity contribution >= 4 is 22.7 Å². The third kappa shape index (κ3) is 5.41. The zero-order chi connectivity index (χ0) is 23.6. The van der Waals surface area contributed by atoms with Crippen LogP contribution in [0.2, 0.25) is 0 Å². The number of rotatable bonds is 6. The zero-order valence-electron chi connectivity index (χ0n) is 17.8. The van der Waals surface area contributed by atoms with Crippen molar-refractivity contribution < 1.29 is 26.6 Å². The summed E-state index contributed by atoms with van der Waals surface area (Å²) in [5.41, 5.74) is 0.924. The van der Waals surface area contributed by atoms with Crippen molar-refractivity contribution in [2.75, 3.05) is 35.7 Å². The zero-order valence-corrected chi connectivity index (χ0v) is 18.6. The molecule has 1 saturated heterocycles. The van der Waals surface area contributed by atoms with Crippen LogP contribution in [0.3, 0.4) is 0 Å². The van der Waals surface area contributed by atoms with Gasteiger partial charge in [-0.25, -0.2) is 9.97 Å². The summed E-state index contributed by atoms with van der Waals surface area (Å²) >= 11 is 0. The second kappa shape index (κ2) is 9.33. The summed E-state index contributed by atoms with van der Waals surface area (Å²) in [6.45, 7) is 3.48. The molecule has 0 saturated carbocycles. The lowest BCUT2D eigenvalue weighted by molar-refractivity contribution is -0.159. The van der Waals surface area contributed by atoms with Crippen LogP contribution in [0.15, 0.2) is 46.1 Å². The number of benzene rings is 1. The Hall–Kier alpha value is -3.22. The number of anilines is 2. The predicted molar refractivity (Wildman–Crippen MR) is 113 cm³/mol. The number of nitrogens with zero attached hydrogens (tertiary/aromatic N) is 6. The second-order valence-corrected chi connectivity index (χ2v) is 8.87. The van der Waals surface area contributed by atoms with Gasteiger partial charge in [0.05, 0.1) is 12.4 Å². The number of alkyl halides is 3. The van der Waals surface area contributed by atoms with Crippen molar-refractivity contribution in [1.82, 2.24) is 20.1 Å². The third-order valence-corrected chi connectivity index (χ3v) is 6.04. The molecule has 2 atom stereocenters. The van der Waals surface area contributed by atoms with Crippen molar-refractivity contribution in [3.8, 4) is 5.75 Å². The van der Waals surface area contributed by atoms with E-state index >= 15 is 0 Å². The van der Waals surface area contributed by atoms with Crippen molar-refractivity contribution in [3.05, 3.63) is 48.1 Å². The lowest BCUT2D eigenvalue weighted by Gasteiger charge is -2.39. The Kier molecular flexibility index (Phi) is 6.49. The molecule has 13 heteroatoms. The van der Waals surface area contributed by atoms with E-state index in [0.717, 1.165) is 10.5 Å². The highest BCUT2D eigenvalue weighted by Gasteiger charge is 2.39. The second-order valence-electron chi connectivity index (χ2n) is 7.49. The van der Waals surface area contributed by atoms with Gasteiger partial charge in [-0.3, -0.25) is 4.21 Å². The number of hydrogen-bond acceptors (Lipinski definition) is 9. The van der Waals surface area contributed by atoms with E-state index in [1.165, 1.54) is 0 Å². The Labute approximate surface area is 190 Å². The lowest BCUT2D eigenvalue weighted by Crippen LogP contribution is -2.53. The highest BCUT2D eigenvalue weighted by molar-refractivity contribution is 7.84. The molecule has 1 fully saturated rings. The third-order valence-electron chi connectivity index (χ3n) is 5.10. The maximum absolute atomic E-state index is 12.7. The molecular formula is C20H21F3N6O3S. The van der Waals surface area contributed by atoms with Crippen LogP contribution < -0.4 is 14.5 Å². The minimum Gasteiger partial charge on any atom is -0.486 e. The lowest BCUT2D eigenvalue weighted by atomic mass is 10.2. The number of aromatic nitrogens is 4. The molecule has 3 aromatic rings. The summed E-state index contributed by atoms with van der Waals surface area (Å²) in [7, 11) is -1.03. The Morgan fingerprint density at radius 3 is 2.42 bits per heavy atom. The van der Waals surface area contributed by atoms with Crippen LogP contribution in [-0.4, -0.2) is 56.2 Å². The number of halogens is 3. The molecule has 1 aliphatic rings. The van der Waals surface area contributed by atoms with Gasteiger partial charge in [-0.05, 0) is 29.8 Å². The van der Waals surface area contributed by atoms with E-state index < -0.39 is 22.9 Å². The van der Waals surface area contributed by atoms with Crippen LogP contribution in [0.1, 0.15) is 18.4 Å².